The molecule has 0 aliphatic heterocycles. The molecule has 0 aliphatic rings. The molecule has 4 aromatic rings. The van der Waals surface area contributed by atoms with Crippen LogP contribution in [0, 0.1) is 11.8 Å². The van der Waals surface area contributed by atoms with E-state index >= 15 is 0 Å². The Kier molecular flexibility index (Phi) is 15.9. The number of ether oxygens (including phenoxy) is 7. The van der Waals surface area contributed by atoms with Gasteiger partial charge in [0.15, 0.2) is 23.0 Å². The zero-order chi connectivity index (χ0) is 38.9. The van der Waals surface area contributed by atoms with Gasteiger partial charge in [0.1, 0.15) is 22.8 Å². The summed E-state index contributed by atoms with van der Waals surface area (Å²) in [6.07, 6.45) is 7.38. The van der Waals surface area contributed by atoms with Crippen LogP contribution in [0.4, 0.5) is 5.69 Å². The summed E-state index contributed by atoms with van der Waals surface area (Å²) < 4.78 is 39.0. The molecule has 0 bridgehead atoms. The molecule has 286 valence electrons. The van der Waals surface area contributed by atoms with Crippen molar-refractivity contribution in [3.8, 4) is 52.1 Å². The third-order valence-corrected chi connectivity index (χ3v) is 8.72. The fraction of sp³-hybridized carbons (Fsp3) is 0.364. The second-order valence-electron chi connectivity index (χ2n) is 12.4. The topological polar surface area (TPSA) is 102 Å². The molecule has 0 atom stereocenters. The molecule has 0 unspecified atom stereocenters. The summed E-state index contributed by atoms with van der Waals surface area (Å²) in [5, 5.41) is 0. The van der Waals surface area contributed by atoms with Crippen molar-refractivity contribution in [2.24, 2.45) is 0 Å². The van der Waals surface area contributed by atoms with Gasteiger partial charge in [-0.3, -0.25) is 4.79 Å². The van der Waals surface area contributed by atoms with Gasteiger partial charge in [0, 0.05) is 47.6 Å². The molecular formula is C44H51NO9. The molecule has 0 aromatic heterocycles. The third-order valence-electron chi connectivity index (χ3n) is 8.72. The van der Waals surface area contributed by atoms with E-state index in [2.05, 4.69) is 25.7 Å². The largest absolute Gasteiger partial charge is 0.496 e. The minimum absolute atomic E-state index is 0.197. The van der Waals surface area contributed by atoms with Crippen LogP contribution in [0.1, 0.15) is 90.6 Å². The number of hydrogen-bond donors (Lipinski definition) is 0. The summed E-state index contributed by atoms with van der Waals surface area (Å²) in [5.74, 6) is 8.43. The van der Waals surface area contributed by atoms with Crippen LogP contribution < -0.4 is 38.1 Å². The van der Waals surface area contributed by atoms with Gasteiger partial charge in [0.25, 0.3) is 5.91 Å². The predicted octanol–water partition coefficient (Wildman–Crippen LogP) is 9.14. The number of carbonyl (C=O) groups is 2. The molecule has 10 nitrogen and oxygen atoms in total. The molecule has 0 fully saturated rings. The van der Waals surface area contributed by atoms with Crippen molar-refractivity contribution in [3.05, 3.63) is 95.1 Å². The Morgan fingerprint density at radius 3 is 1.65 bits per heavy atom. The monoisotopic (exact) mass is 737 g/mol. The Morgan fingerprint density at radius 2 is 1.06 bits per heavy atom. The lowest BCUT2D eigenvalue weighted by Gasteiger charge is -2.24. The lowest BCUT2D eigenvalue weighted by molar-refractivity contribution is 0.0730. The van der Waals surface area contributed by atoms with Gasteiger partial charge < -0.3 is 38.1 Å². The van der Waals surface area contributed by atoms with Crippen molar-refractivity contribution in [1.29, 1.82) is 0 Å². The van der Waals surface area contributed by atoms with Gasteiger partial charge in [-0.25, -0.2) is 4.79 Å². The number of nitrogens with zero attached hydrogens (tertiary/aromatic N) is 1. The number of carbonyl (C=O) groups excluding carboxylic acids is 2. The van der Waals surface area contributed by atoms with E-state index < -0.39 is 5.97 Å². The molecule has 4 aromatic carbocycles. The number of esters is 1. The maximum Gasteiger partial charge on any atom is 0.347 e. The SMILES string of the molecule is CCCCCCCOc1cc(OC)c(C(=O)N(CCCC)c2ccc(C#Cc3ccc(OC(=O)c4cc(OC)c(OC)cc4OC)cc3)cc2)cc1OC. The van der Waals surface area contributed by atoms with E-state index in [1.165, 1.54) is 46.7 Å². The predicted molar refractivity (Wildman–Crippen MR) is 210 cm³/mol. The van der Waals surface area contributed by atoms with E-state index in [9.17, 15) is 9.59 Å². The Bertz CT molecular complexity index is 1890. The zero-order valence-corrected chi connectivity index (χ0v) is 32.4. The number of anilines is 1. The van der Waals surface area contributed by atoms with E-state index in [0.717, 1.165) is 42.5 Å². The highest BCUT2D eigenvalue weighted by Gasteiger charge is 2.24. The van der Waals surface area contributed by atoms with E-state index in [-0.39, 0.29) is 11.5 Å². The van der Waals surface area contributed by atoms with Crippen LogP contribution in [0.25, 0.3) is 0 Å². The second kappa shape index (κ2) is 21.0. The van der Waals surface area contributed by atoms with E-state index in [4.69, 9.17) is 33.2 Å². The number of benzene rings is 4. The quantitative estimate of drug-likeness (QED) is 0.0404. The summed E-state index contributed by atoms with van der Waals surface area (Å²) in [5.41, 5.74) is 2.83. The van der Waals surface area contributed by atoms with Crippen LogP contribution in [0.5, 0.6) is 40.2 Å². The zero-order valence-electron chi connectivity index (χ0n) is 32.4. The van der Waals surface area contributed by atoms with Crippen molar-refractivity contribution in [2.45, 2.75) is 58.8 Å². The van der Waals surface area contributed by atoms with E-state index in [0.29, 0.717) is 59.0 Å². The van der Waals surface area contributed by atoms with Crippen molar-refractivity contribution < 1.29 is 42.7 Å². The van der Waals surface area contributed by atoms with E-state index in [1.54, 1.807) is 61.6 Å². The summed E-state index contributed by atoms with van der Waals surface area (Å²) in [4.78, 5) is 28.8. The fourth-order valence-electron chi connectivity index (χ4n) is 5.67. The van der Waals surface area contributed by atoms with Gasteiger partial charge in [-0.05, 0) is 61.4 Å². The standard InChI is InChI=1S/C44H51NO9/c1-8-10-12-13-14-26-53-42-30-37(48-3)35(27-40(42)51-6)43(46)45(25-11-9-2)33-21-17-31(18-22-33)15-16-32-19-23-34(24-20-32)54-44(47)36-28-39(50-5)41(52-7)29-38(36)49-4/h17-24,27-30H,8-14,25-26H2,1-7H3. The van der Waals surface area contributed by atoms with Crippen LogP contribution in [0.15, 0.2) is 72.8 Å². The summed E-state index contributed by atoms with van der Waals surface area (Å²) in [6.45, 7) is 5.37. The number of methoxy groups -OCH3 is 5. The average molecular weight is 738 g/mol. The number of rotatable bonds is 19. The Hall–Kier alpha value is -5.82. The molecule has 0 saturated carbocycles. The second-order valence-corrected chi connectivity index (χ2v) is 12.4. The highest BCUT2D eigenvalue weighted by Crippen LogP contribution is 2.37. The Morgan fingerprint density at radius 1 is 0.556 bits per heavy atom. The molecule has 4 rings (SSSR count). The molecular weight excluding hydrogens is 686 g/mol. The normalized spacial score (nSPS) is 10.4. The minimum Gasteiger partial charge on any atom is -0.496 e. The molecule has 0 saturated heterocycles. The molecule has 0 N–H and O–H groups in total. The van der Waals surface area contributed by atoms with Gasteiger partial charge in [-0.15, -0.1) is 0 Å². The molecule has 0 aliphatic carbocycles. The average Bonchev–Trinajstić information content (AvgIpc) is 3.21. The van der Waals surface area contributed by atoms with Crippen LogP contribution in [0.3, 0.4) is 0 Å². The molecule has 0 heterocycles. The lowest BCUT2D eigenvalue weighted by atomic mass is 10.1. The van der Waals surface area contributed by atoms with Gasteiger partial charge in [0.2, 0.25) is 0 Å². The first-order valence-electron chi connectivity index (χ1n) is 18.3. The molecule has 0 spiro atoms. The Balaban J connectivity index is 1.47. The van der Waals surface area contributed by atoms with E-state index in [1.807, 2.05) is 24.3 Å². The highest BCUT2D eigenvalue weighted by molar-refractivity contribution is 6.08. The van der Waals surface area contributed by atoms with Crippen molar-refractivity contribution in [3.63, 3.8) is 0 Å². The van der Waals surface area contributed by atoms with Gasteiger partial charge >= 0.3 is 5.97 Å². The van der Waals surface area contributed by atoms with Crippen molar-refractivity contribution in [1.82, 2.24) is 0 Å². The number of amides is 1. The smallest absolute Gasteiger partial charge is 0.347 e. The Labute approximate surface area is 319 Å². The van der Waals surface area contributed by atoms with Crippen LogP contribution in [0.2, 0.25) is 0 Å². The first-order valence-corrected chi connectivity index (χ1v) is 18.3. The third kappa shape index (κ3) is 10.9. The summed E-state index contributed by atoms with van der Waals surface area (Å²) >= 11 is 0. The first kappa shape index (κ1) is 40.9. The maximum atomic E-state index is 14.1. The maximum absolute atomic E-state index is 14.1. The van der Waals surface area contributed by atoms with Crippen LogP contribution in [-0.4, -0.2) is 60.6 Å². The number of unbranched alkanes of at least 4 members (excludes halogenated alkanes) is 5. The first-order chi connectivity index (χ1) is 26.3. The molecule has 10 heteroatoms. The molecule has 1 amide bonds. The highest BCUT2D eigenvalue weighted by atomic mass is 16.5. The molecule has 0 radical (unpaired) electrons. The van der Waals surface area contributed by atoms with Crippen LogP contribution in [-0.2, 0) is 0 Å². The minimum atomic E-state index is -0.606. The van der Waals surface area contributed by atoms with Crippen molar-refractivity contribution >= 4 is 17.6 Å². The van der Waals surface area contributed by atoms with Gasteiger partial charge in [-0.1, -0.05) is 57.8 Å². The van der Waals surface area contributed by atoms with Gasteiger partial charge in [-0.2, -0.15) is 0 Å². The van der Waals surface area contributed by atoms with Crippen LogP contribution >= 0.6 is 0 Å². The fourth-order valence-corrected chi connectivity index (χ4v) is 5.67. The van der Waals surface area contributed by atoms with Gasteiger partial charge in [0.05, 0.1) is 47.7 Å². The number of hydrogen-bond acceptors (Lipinski definition) is 9. The lowest BCUT2D eigenvalue weighted by Crippen LogP contribution is -2.32. The summed E-state index contributed by atoms with van der Waals surface area (Å²) in [6, 6.07) is 21.0. The summed E-state index contributed by atoms with van der Waals surface area (Å²) in [7, 11) is 7.57. The molecule has 54 heavy (non-hydrogen) atoms. The van der Waals surface area contributed by atoms with Crippen molar-refractivity contribution in [2.75, 3.05) is 53.6 Å².